The van der Waals surface area contributed by atoms with Crippen molar-refractivity contribution in [2.24, 2.45) is 0 Å². The highest BCUT2D eigenvalue weighted by Gasteiger charge is 2.25. The van der Waals surface area contributed by atoms with E-state index >= 15 is 8.78 Å². The zero-order valence-electron chi connectivity index (χ0n) is 23.0. The number of β-amino-alcohol motifs (C(OH)–C–C–N with tert-alkyl or cyclic N) is 1. The number of para-hydroxylation sites is 1. The highest BCUT2D eigenvalue weighted by Crippen LogP contribution is 2.32. The smallest absolute Gasteiger partial charge is 0.247 e. The average Bonchev–Trinajstić information content (AvgIpc) is 2.94. The molecular weight excluding hydrogens is 526 g/mol. The third-order valence-electron chi connectivity index (χ3n) is 6.84. The third kappa shape index (κ3) is 6.67. The van der Waals surface area contributed by atoms with Crippen LogP contribution >= 0.6 is 0 Å². The minimum absolute atomic E-state index is 0.0714. The molecule has 41 heavy (non-hydrogen) atoms. The van der Waals surface area contributed by atoms with Crippen LogP contribution in [0.5, 0.6) is 0 Å². The summed E-state index contributed by atoms with van der Waals surface area (Å²) < 4.78 is 30.4. The molecule has 1 fully saturated rings. The van der Waals surface area contributed by atoms with Gasteiger partial charge in [0.15, 0.2) is 0 Å². The Morgan fingerprint density at radius 2 is 1.83 bits per heavy atom. The SMILES string of the molecule is C=CC(=O)Nc1cccc(-c2cccc3cnc(Nc4cc(F)c(N5CCN(CC(C)(C)O)CC5)cc4F)nc23)c1. The van der Waals surface area contributed by atoms with Gasteiger partial charge in [-0.25, -0.2) is 18.7 Å². The lowest BCUT2D eigenvalue weighted by Gasteiger charge is -2.38. The maximum Gasteiger partial charge on any atom is 0.247 e. The first-order chi connectivity index (χ1) is 19.6. The minimum Gasteiger partial charge on any atom is -0.389 e. The van der Waals surface area contributed by atoms with Gasteiger partial charge in [0.25, 0.3) is 0 Å². The van der Waals surface area contributed by atoms with E-state index in [1.165, 1.54) is 12.1 Å². The molecule has 1 aromatic heterocycles. The van der Waals surface area contributed by atoms with Gasteiger partial charge in [-0.15, -0.1) is 0 Å². The van der Waals surface area contributed by atoms with Crippen LogP contribution in [0.2, 0.25) is 0 Å². The van der Waals surface area contributed by atoms with Crippen LogP contribution < -0.4 is 15.5 Å². The highest BCUT2D eigenvalue weighted by molar-refractivity contribution is 6.00. The summed E-state index contributed by atoms with van der Waals surface area (Å²) in [6.07, 6.45) is 2.82. The number of carbonyl (C=O) groups excluding carboxylic acids is 1. The van der Waals surface area contributed by atoms with E-state index < -0.39 is 17.2 Å². The largest absolute Gasteiger partial charge is 0.389 e. The van der Waals surface area contributed by atoms with Crippen LogP contribution in [0.1, 0.15) is 13.8 Å². The lowest BCUT2D eigenvalue weighted by atomic mass is 10.0. The van der Waals surface area contributed by atoms with Gasteiger partial charge in [-0.05, 0) is 37.6 Å². The number of fused-ring (bicyclic) bond motifs is 1. The Hall–Kier alpha value is -4.41. The Labute approximate surface area is 237 Å². The van der Waals surface area contributed by atoms with Crippen molar-refractivity contribution in [1.82, 2.24) is 14.9 Å². The number of aliphatic hydroxyl groups is 1. The van der Waals surface area contributed by atoms with Crippen molar-refractivity contribution in [2.45, 2.75) is 19.4 Å². The Balaban J connectivity index is 1.37. The van der Waals surface area contributed by atoms with Crippen LogP contribution in [-0.2, 0) is 4.79 Å². The van der Waals surface area contributed by atoms with Crippen LogP contribution in [0.25, 0.3) is 22.0 Å². The Morgan fingerprint density at radius 3 is 2.56 bits per heavy atom. The Morgan fingerprint density at radius 1 is 1.07 bits per heavy atom. The topological polar surface area (TPSA) is 93.6 Å². The molecule has 2 heterocycles. The fourth-order valence-electron chi connectivity index (χ4n) is 5.00. The Kier molecular flexibility index (Phi) is 7.96. The fourth-order valence-corrected chi connectivity index (χ4v) is 5.00. The van der Waals surface area contributed by atoms with Crippen molar-refractivity contribution in [3.8, 4) is 11.1 Å². The molecule has 0 atom stereocenters. The summed E-state index contributed by atoms with van der Waals surface area (Å²) in [6, 6.07) is 15.3. The van der Waals surface area contributed by atoms with Crippen molar-refractivity contribution in [1.29, 1.82) is 0 Å². The standard InChI is InChI=1S/C31H32F2N6O2/c1-4-28(40)35-22-9-5-7-20(15-22)23-10-6-8-21-18-34-30(37-29(21)23)36-26-16-25(33)27(17-24(26)32)39-13-11-38(12-14-39)19-31(2,3)41/h4-10,15-18,41H,1,11-14,19H2,2-3H3,(H,35,40)(H,34,36,37). The minimum atomic E-state index is -0.814. The van der Waals surface area contributed by atoms with Gasteiger partial charge in [0.1, 0.15) is 11.6 Å². The van der Waals surface area contributed by atoms with E-state index in [1.807, 2.05) is 41.3 Å². The van der Waals surface area contributed by atoms with E-state index in [2.05, 4.69) is 32.1 Å². The number of aromatic nitrogens is 2. The molecule has 0 unspecified atom stereocenters. The summed E-state index contributed by atoms with van der Waals surface area (Å²) >= 11 is 0. The van der Waals surface area contributed by atoms with Gasteiger partial charge in [0, 0.05) is 67.7 Å². The van der Waals surface area contributed by atoms with Crippen molar-refractivity contribution < 1.29 is 18.7 Å². The van der Waals surface area contributed by atoms with Gasteiger partial charge < -0.3 is 20.6 Å². The average molecular weight is 559 g/mol. The number of halogens is 2. The number of hydrogen-bond donors (Lipinski definition) is 3. The maximum absolute atomic E-state index is 15.2. The summed E-state index contributed by atoms with van der Waals surface area (Å²) in [5.74, 6) is -1.37. The molecule has 0 aliphatic carbocycles. The van der Waals surface area contributed by atoms with Crippen molar-refractivity contribution in [3.63, 3.8) is 0 Å². The van der Waals surface area contributed by atoms with Crippen molar-refractivity contribution >= 4 is 39.8 Å². The number of nitrogens with one attached hydrogen (secondary N) is 2. The van der Waals surface area contributed by atoms with Crippen LogP contribution in [0.3, 0.4) is 0 Å². The predicted octanol–water partition coefficient (Wildman–Crippen LogP) is 5.34. The first-order valence-corrected chi connectivity index (χ1v) is 13.3. The highest BCUT2D eigenvalue weighted by atomic mass is 19.1. The van der Waals surface area contributed by atoms with E-state index in [0.29, 0.717) is 43.9 Å². The van der Waals surface area contributed by atoms with Crippen LogP contribution in [0.15, 0.2) is 73.4 Å². The zero-order chi connectivity index (χ0) is 29.1. The molecular formula is C31H32F2N6O2. The van der Waals surface area contributed by atoms with Crippen LogP contribution in [0.4, 0.5) is 31.8 Å². The zero-order valence-corrected chi connectivity index (χ0v) is 23.0. The van der Waals surface area contributed by atoms with E-state index in [1.54, 1.807) is 26.1 Å². The van der Waals surface area contributed by atoms with Gasteiger partial charge in [-0.1, -0.05) is 36.9 Å². The van der Waals surface area contributed by atoms with Gasteiger partial charge in [0.05, 0.1) is 22.5 Å². The lowest BCUT2D eigenvalue weighted by Crippen LogP contribution is -2.50. The molecule has 1 aliphatic rings. The number of piperazine rings is 1. The second-order valence-electron chi connectivity index (χ2n) is 10.7. The van der Waals surface area contributed by atoms with Crippen LogP contribution in [-0.4, -0.2) is 64.2 Å². The summed E-state index contributed by atoms with van der Waals surface area (Å²) in [5, 5.41) is 16.4. The van der Waals surface area contributed by atoms with E-state index in [9.17, 15) is 9.90 Å². The molecule has 3 N–H and O–H groups in total. The molecule has 0 bridgehead atoms. The summed E-state index contributed by atoms with van der Waals surface area (Å²) in [7, 11) is 0. The van der Waals surface area contributed by atoms with Gasteiger partial charge in [0.2, 0.25) is 11.9 Å². The predicted molar refractivity (Wildman–Crippen MR) is 158 cm³/mol. The number of amides is 1. The molecule has 4 aromatic rings. The first-order valence-electron chi connectivity index (χ1n) is 13.3. The first kappa shape index (κ1) is 28.1. The summed E-state index contributed by atoms with van der Waals surface area (Å²) in [6.45, 7) is 9.83. The van der Waals surface area contributed by atoms with Gasteiger partial charge >= 0.3 is 0 Å². The molecule has 3 aromatic carbocycles. The number of hydrogen-bond acceptors (Lipinski definition) is 7. The molecule has 0 spiro atoms. The van der Waals surface area contributed by atoms with Gasteiger partial charge in [-0.2, -0.15) is 0 Å². The van der Waals surface area contributed by atoms with Crippen molar-refractivity contribution in [3.05, 3.63) is 85.1 Å². The molecule has 5 rings (SSSR count). The quantitative estimate of drug-likeness (QED) is 0.252. The van der Waals surface area contributed by atoms with E-state index in [0.717, 1.165) is 22.6 Å². The number of anilines is 4. The molecule has 1 saturated heterocycles. The summed E-state index contributed by atoms with van der Waals surface area (Å²) in [5.41, 5.74) is 2.12. The number of carbonyl (C=O) groups is 1. The number of nitrogens with zero attached hydrogens (tertiary/aromatic N) is 4. The van der Waals surface area contributed by atoms with Gasteiger partial charge in [-0.3, -0.25) is 9.69 Å². The molecule has 1 aliphatic heterocycles. The summed E-state index contributed by atoms with van der Waals surface area (Å²) in [4.78, 5) is 24.6. The Bertz CT molecular complexity index is 1600. The van der Waals surface area contributed by atoms with Crippen LogP contribution in [0, 0.1) is 11.6 Å². The van der Waals surface area contributed by atoms with Crippen molar-refractivity contribution in [2.75, 3.05) is 48.3 Å². The number of rotatable bonds is 8. The molecule has 212 valence electrons. The second-order valence-corrected chi connectivity index (χ2v) is 10.7. The molecule has 0 saturated carbocycles. The maximum atomic E-state index is 15.2. The van der Waals surface area contributed by atoms with E-state index in [-0.39, 0.29) is 23.2 Å². The molecule has 10 heteroatoms. The van der Waals surface area contributed by atoms with E-state index in [4.69, 9.17) is 0 Å². The molecule has 0 radical (unpaired) electrons. The molecule has 8 nitrogen and oxygen atoms in total. The fraction of sp³-hybridized carbons (Fsp3) is 0.258. The molecule has 1 amide bonds. The second kappa shape index (κ2) is 11.6. The monoisotopic (exact) mass is 558 g/mol. The third-order valence-corrected chi connectivity index (χ3v) is 6.84. The number of benzene rings is 3. The normalized spacial score (nSPS) is 14.2. The lowest BCUT2D eigenvalue weighted by molar-refractivity contribution is -0.111.